The molecule has 1 aliphatic carbocycles. The van der Waals surface area contributed by atoms with Gasteiger partial charge in [-0.05, 0) is 41.7 Å². The van der Waals surface area contributed by atoms with Gasteiger partial charge in [0, 0.05) is 23.4 Å². The number of fused-ring (bicyclic) bond motifs is 1. The lowest BCUT2D eigenvalue weighted by Gasteiger charge is -2.39. The molecule has 6 nitrogen and oxygen atoms in total. The van der Waals surface area contributed by atoms with Crippen LogP contribution >= 0.6 is 0 Å². The quantitative estimate of drug-likeness (QED) is 0.618. The summed E-state index contributed by atoms with van der Waals surface area (Å²) in [5, 5.41) is 10.7. The number of benzene rings is 2. The number of Topliss-reactive ketones (excluding diaryl/α,β-unsaturated/α-hetero) is 1. The Labute approximate surface area is 185 Å². The Morgan fingerprint density at radius 1 is 1.12 bits per heavy atom. The Morgan fingerprint density at radius 3 is 2.56 bits per heavy atom. The second-order valence-electron chi connectivity index (χ2n) is 9.08. The Kier molecular flexibility index (Phi) is 4.69. The van der Waals surface area contributed by atoms with E-state index in [0.717, 1.165) is 11.3 Å². The minimum atomic E-state index is -0.524. The summed E-state index contributed by atoms with van der Waals surface area (Å²) >= 11 is 0. The summed E-state index contributed by atoms with van der Waals surface area (Å²) in [6.45, 7) is 4.11. The number of halogens is 1. The number of rotatable bonds is 3. The van der Waals surface area contributed by atoms with Crippen molar-refractivity contribution in [3.05, 3.63) is 89.0 Å². The highest BCUT2D eigenvalue weighted by Gasteiger charge is 2.42. The molecule has 0 saturated carbocycles. The second-order valence-corrected chi connectivity index (χ2v) is 9.08. The Bertz CT molecular complexity index is 1240. The van der Waals surface area contributed by atoms with Crippen molar-refractivity contribution >= 4 is 23.2 Å². The zero-order chi connectivity index (χ0) is 22.5. The number of nitrogens with zero attached hydrogens (tertiary/aromatic N) is 2. The standard InChI is InChI=1S/C25H23FN4O2/c1-25(2)12-19-21(20(31)13-25)22(15-8-10-16(26)11-9-15)30-23(29-19)18(14-27-30)24(32)28-17-6-4-3-5-7-17/h3-11,14,22,29H,12-13H2,1-2H3,(H,28,32)/t22-/m0/s1. The molecule has 1 atom stereocenters. The molecule has 0 radical (unpaired) electrons. The van der Waals surface area contributed by atoms with Gasteiger partial charge in [0.25, 0.3) is 5.91 Å². The lowest BCUT2D eigenvalue weighted by Crippen LogP contribution is -2.37. The van der Waals surface area contributed by atoms with Gasteiger partial charge in [0.1, 0.15) is 23.2 Å². The number of anilines is 2. The van der Waals surface area contributed by atoms with Gasteiger partial charge < -0.3 is 10.6 Å². The maximum absolute atomic E-state index is 13.6. The van der Waals surface area contributed by atoms with Gasteiger partial charge in [0.05, 0.1) is 6.20 Å². The molecule has 1 aliphatic heterocycles. The van der Waals surface area contributed by atoms with E-state index in [1.807, 2.05) is 30.3 Å². The first kappa shape index (κ1) is 20.2. The van der Waals surface area contributed by atoms with Crippen molar-refractivity contribution in [2.24, 2.45) is 5.41 Å². The molecule has 32 heavy (non-hydrogen) atoms. The van der Waals surface area contributed by atoms with Crippen LogP contribution in [0.15, 0.2) is 72.1 Å². The van der Waals surface area contributed by atoms with E-state index in [-0.39, 0.29) is 22.9 Å². The van der Waals surface area contributed by atoms with Crippen LogP contribution in [0.1, 0.15) is 48.7 Å². The molecule has 0 spiro atoms. The Morgan fingerprint density at radius 2 is 1.84 bits per heavy atom. The van der Waals surface area contributed by atoms with Crippen LogP contribution in [0.2, 0.25) is 0 Å². The molecule has 2 aliphatic rings. The van der Waals surface area contributed by atoms with Gasteiger partial charge in [-0.15, -0.1) is 0 Å². The summed E-state index contributed by atoms with van der Waals surface area (Å²) in [7, 11) is 0. The predicted molar refractivity (Wildman–Crippen MR) is 120 cm³/mol. The van der Waals surface area contributed by atoms with Gasteiger partial charge in [-0.25, -0.2) is 9.07 Å². The summed E-state index contributed by atoms with van der Waals surface area (Å²) in [4.78, 5) is 26.2. The zero-order valence-electron chi connectivity index (χ0n) is 17.9. The molecular formula is C25H23FN4O2. The summed E-state index contributed by atoms with van der Waals surface area (Å²) < 4.78 is 15.3. The second kappa shape index (κ2) is 7.44. The Hall–Kier alpha value is -3.74. The van der Waals surface area contributed by atoms with Gasteiger partial charge >= 0.3 is 0 Å². The minimum absolute atomic E-state index is 0.0366. The highest BCUT2D eigenvalue weighted by Crippen LogP contribution is 2.46. The summed E-state index contributed by atoms with van der Waals surface area (Å²) in [6.07, 6.45) is 2.59. The normalized spacial score (nSPS) is 19.1. The van der Waals surface area contributed by atoms with Crippen molar-refractivity contribution in [1.82, 2.24) is 9.78 Å². The third kappa shape index (κ3) is 3.49. The first-order chi connectivity index (χ1) is 15.3. The number of carbonyl (C=O) groups excluding carboxylic acids is 2. The molecule has 0 bridgehead atoms. The highest BCUT2D eigenvalue weighted by molar-refractivity contribution is 6.08. The zero-order valence-corrected chi connectivity index (χ0v) is 17.9. The molecule has 2 heterocycles. The van der Waals surface area contributed by atoms with E-state index in [1.165, 1.54) is 18.3 Å². The highest BCUT2D eigenvalue weighted by atomic mass is 19.1. The Balaban J connectivity index is 1.60. The van der Waals surface area contributed by atoms with E-state index in [9.17, 15) is 14.0 Å². The lowest BCUT2D eigenvalue weighted by molar-refractivity contribution is -0.118. The van der Waals surface area contributed by atoms with Crippen LogP contribution in [0.25, 0.3) is 0 Å². The van der Waals surface area contributed by atoms with Crippen LogP contribution in [-0.4, -0.2) is 21.5 Å². The van der Waals surface area contributed by atoms with Crippen LogP contribution in [0.3, 0.4) is 0 Å². The number of hydrogen-bond acceptors (Lipinski definition) is 4. The number of para-hydroxylation sites is 1. The van der Waals surface area contributed by atoms with Gasteiger partial charge in [-0.1, -0.05) is 44.2 Å². The minimum Gasteiger partial charge on any atom is -0.343 e. The molecule has 0 unspecified atom stereocenters. The predicted octanol–water partition coefficient (Wildman–Crippen LogP) is 4.93. The fraction of sp³-hybridized carbons (Fsp3) is 0.240. The van der Waals surface area contributed by atoms with Gasteiger partial charge in [0.2, 0.25) is 0 Å². The van der Waals surface area contributed by atoms with Crippen molar-refractivity contribution in [3.63, 3.8) is 0 Å². The molecule has 5 rings (SSSR count). The van der Waals surface area contributed by atoms with E-state index >= 15 is 0 Å². The number of ketones is 1. The fourth-order valence-corrected chi connectivity index (χ4v) is 4.55. The summed E-state index contributed by atoms with van der Waals surface area (Å²) in [5.41, 5.74) is 3.02. The first-order valence-electron chi connectivity index (χ1n) is 10.5. The van der Waals surface area contributed by atoms with E-state index < -0.39 is 6.04 Å². The number of amides is 1. The topological polar surface area (TPSA) is 76.0 Å². The molecule has 2 N–H and O–H groups in total. The van der Waals surface area contributed by atoms with E-state index in [4.69, 9.17) is 0 Å². The maximum atomic E-state index is 13.6. The molecule has 1 aromatic heterocycles. The largest absolute Gasteiger partial charge is 0.343 e. The molecule has 162 valence electrons. The van der Waals surface area contributed by atoms with Crippen molar-refractivity contribution in [1.29, 1.82) is 0 Å². The average Bonchev–Trinajstić information content (AvgIpc) is 3.16. The number of carbonyl (C=O) groups is 2. The van der Waals surface area contributed by atoms with E-state index in [2.05, 4.69) is 29.6 Å². The summed E-state index contributed by atoms with van der Waals surface area (Å²) in [6, 6.07) is 14.7. The van der Waals surface area contributed by atoms with Crippen molar-refractivity contribution in [2.75, 3.05) is 10.6 Å². The molecule has 0 fully saturated rings. The number of nitrogens with one attached hydrogen (secondary N) is 2. The van der Waals surface area contributed by atoms with Crippen LogP contribution in [0, 0.1) is 11.2 Å². The third-order valence-corrected chi connectivity index (χ3v) is 5.96. The molecule has 3 aromatic rings. The maximum Gasteiger partial charge on any atom is 0.261 e. The van der Waals surface area contributed by atoms with Crippen LogP contribution in [0.5, 0.6) is 0 Å². The molecule has 2 aromatic carbocycles. The number of aromatic nitrogens is 2. The van der Waals surface area contributed by atoms with Crippen LogP contribution < -0.4 is 10.6 Å². The third-order valence-electron chi connectivity index (χ3n) is 5.96. The van der Waals surface area contributed by atoms with E-state index in [0.29, 0.717) is 35.5 Å². The summed E-state index contributed by atoms with van der Waals surface area (Å²) in [5.74, 6) is -0.0867. The number of allylic oxidation sites excluding steroid dienone is 2. The van der Waals surface area contributed by atoms with Gasteiger partial charge in [0.15, 0.2) is 5.78 Å². The van der Waals surface area contributed by atoms with Crippen LogP contribution in [0.4, 0.5) is 15.9 Å². The van der Waals surface area contributed by atoms with Crippen LogP contribution in [-0.2, 0) is 4.79 Å². The molecule has 7 heteroatoms. The van der Waals surface area contributed by atoms with Crippen molar-refractivity contribution in [3.8, 4) is 0 Å². The monoisotopic (exact) mass is 430 g/mol. The van der Waals surface area contributed by atoms with Gasteiger partial charge in [-0.3, -0.25) is 9.59 Å². The smallest absolute Gasteiger partial charge is 0.261 e. The molecular weight excluding hydrogens is 407 g/mol. The molecule has 1 amide bonds. The number of hydrogen-bond donors (Lipinski definition) is 2. The SMILES string of the molecule is CC1(C)CC(=O)C2=C(C1)Nc1c(C(=O)Nc3ccccc3)cnn1[C@H]2c1ccc(F)cc1. The first-order valence-corrected chi connectivity index (χ1v) is 10.5. The van der Waals surface area contributed by atoms with Crippen molar-refractivity contribution < 1.29 is 14.0 Å². The average molecular weight is 430 g/mol. The van der Waals surface area contributed by atoms with Gasteiger partial charge in [-0.2, -0.15) is 5.10 Å². The fourth-order valence-electron chi connectivity index (χ4n) is 4.55. The van der Waals surface area contributed by atoms with E-state index in [1.54, 1.807) is 16.8 Å². The van der Waals surface area contributed by atoms with Crippen molar-refractivity contribution in [2.45, 2.75) is 32.7 Å². The lowest BCUT2D eigenvalue weighted by atomic mass is 9.73. The molecule has 0 saturated heterocycles.